The zero-order chi connectivity index (χ0) is 6.81. The van der Waals surface area contributed by atoms with Gasteiger partial charge < -0.3 is 0 Å². The fraction of sp³-hybridized carbons (Fsp3) is 0.800. The summed E-state index contributed by atoms with van der Waals surface area (Å²) in [4.78, 5) is 2.28. The molecule has 0 aromatic carbocycles. The van der Waals surface area contributed by atoms with Crippen molar-refractivity contribution in [3.05, 3.63) is 5.82 Å². The quantitative estimate of drug-likeness (QED) is 0.594. The number of aromatic nitrogens is 4. The van der Waals surface area contributed by atoms with Crippen LogP contribution in [-0.4, -0.2) is 38.6 Å². The number of hydrogen-bond acceptors (Lipinski definition) is 4. The van der Waals surface area contributed by atoms with E-state index in [2.05, 4.69) is 25.5 Å². The largest absolute Gasteiger partial charge is 0.296 e. The zero-order valence-electron chi connectivity index (χ0n) is 5.62. The summed E-state index contributed by atoms with van der Waals surface area (Å²) in [7, 11) is 0. The maximum Gasteiger partial charge on any atom is 0.188 e. The molecule has 1 saturated heterocycles. The van der Waals surface area contributed by atoms with E-state index in [9.17, 15) is 0 Å². The maximum atomic E-state index is 3.85. The van der Waals surface area contributed by atoms with Crippen LogP contribution in [-0.2, 0) is 6.54 Å². The second-order valence-corrected chi connectivity index (χ2v) is 2.46. The molecular weight excluding hydrogens is 130 g/mol. The van der Waals surface area contributed by atoms with E-state index in [0.717, 1.165) is 12.4 Å². The molecule has 1 aromatic heterocycles. The molecule has 0 atom stereocenters. The molecule has 10 heavy (non-hydrogen) atoms. The van der Waals surface area contributed by atoms with E-state index < -0.39 is 0 Å². The molecule has 54 valence electrons. The number of hydrogen-bond donors (Lipinski definition) is 1. The Morgan fingerprint density at radius 2 is 2.40 bits per heavy atom. The van der Waals surface area contributed by atoms with E-state index in [1.807, 2.05) is 0 Å². The second kappa shape index (κ2) is 2.34. The van der Waals surface area contributed by atoms with Crippen molar-refractivity contribution in [1.82, 2.24) is 25.5 Å². The molecule has 1 N–H and O–H groups in total. The van der Waals surface area contributed by atoms with Crippen molar-refractivity contribution in [3.63, 3.8) is 0 Å². The predicted molar refractivity (Wildman–Crippen MR) is 34.1 cm³/mol. The van der Waals surface area contributed by atoms with Crippen molar-refractivity contribution in [2.75, 3.05) is 13.1 Å². The van der Waals surface area contributed by atoms with Gasteiger partial charge in [0, 0.05) is 0 Å². The van der Waals surface area contributed by atoms with Crippen LogP contribution in [0.5, 0.6) is 0 Å². The Hall–Kier alpha value is -0.970. The summed E-state index contributed by atoms with van der Waals surface area (Å²) in [6.07, 6.45) is 1.30. The fourth-order valence-electron chi connectivity index (χ4n) is 0.989. The van der Waals surface area contributed by atoms with E-state index in [1.54, 1.807) is 0 Å². The van der Waals surface area contributed by atoms with E-state index >= 15 is 0 Å². The van der Waals surface area contributed by atoms with Crippen LogP contribution in [0.3, 0.4) is 0 Å². The average Bonchev–Trinajstić information content (AvgIpc) is 2.29. The van der Waals surface area contributed by atoms with Crippen LogP contribution < -0.4 is 0 Å². The Morgan fingerprint density at radius 3 is 2.90 bits per heavy atom. The molecule has 5 heteroatoms. The van der Waals surface area contributed by atoms with Crippen molar-refractivity contribution in [2.24, 2.45) is 0 Å². The van der Waals surface area contributed by atoms with Crippen LogP contribution in [0.1, 0.15) is 12.2 Å². The molecule has 0 unspecified atom stereocenters. The molecule has 5 nitrogen and oxygen atoms in total. The molecule has 0 bridgehead atoms. The van der Waals surface area contributed by atoms with Crippen molar-refractivity contribution in [3.8, 4) is 0 Å². The van der Waals surface area contributed by atoms with Gasteiger partial charge in [0.2, 0.25) is 0 Å². The van der Waals surface area contributed by atoms with Gasteiger partial charge in [0.05, 0.1) is 6.54 Å². The molecule has 0 spiro atoms. The summed E-state index contributed by atoms with van der Waals surface area (Å²) in [6, 6.07) is 0. The molecule has 1 fully saturated rings. The van der Waals surface area contributed by atoms with Gasteiger partial charge in [-0.25, -0.2) is 0 Å². The van der Waals surface area contributed by atoms with Gasteiger partial charge in [0.1, 0.15) is 0 Å². The summed E-state index contributed by atoms with van der Waals surface area (Å²) in [5, 5.41) is 13.6. The number of aromatic amines is 1. The van der Waals surface area contributed by atoms with Crippen molar-refractivity contribution < 1.29 is 0 Å². The fourth-order valence-corrected chi connectivity index (χ4v) is 0.989. The molecule has 2 rings (SSSR count). The second-order valence-electron chi connectivity index (χ2n) is 2.46. The lowest BCUT2D eigenvalue weighted by Crippen LogP contribution is -2.36. The molecule has 2 heterocycles. The van der Waals surface area contributed by atoms with Gasteiger partial charge in [-0.15, -0.1) is 10.2 Å². The van der Waals surface area contributed by atoms with Gasteiger partial charge in [-0.05, 0) is 19.5 Å². The van der Waals surface area contributed by atoms with Gasteiger partial charge in [-0.1, -0.05) is 5.21 Å². The molecule has 0 radical (unpaired) electrons. The minimum atomic E-state index is 0.791. The van der Waals surface area contributed by atoms with Crippen LogP contribution in [0.2, 0.25) is 0 Å². The predicted octanol–water partition coefficient (Wildman–Crippen LogP) is -0.595. The van der Waals surface area contributed by atoms with E-state index in [-0.39, 0.29) is 0 Å². The van der Waals surface area contributed by atoms with Crippen LogP contribution in [0.4, 0.5) is 0 Å². The lowest BCUT2D eigenvalue weighted by Gasteiger charge is -2.28. The number of nitrogens with one attached hydrogen (secondary N) is 1. The highest BCUT2D eigenvalue weighted by Crippen LogP contribution is 2.07. The molecule has 0 amide bonds. The highest BCUT2D eigenvalue weighted by molar-refractivity contribution is 4.79. The molecule has 0 aliphatic carbocycles. The maximum absolute atomic E-state index is 3.85. The molecule has 0 saturated carbocycles. The topological polar surface area (TPSA) is 57.7 Å². The summed E-state index contributed by atoms with van der Waals surface area (Å²) >= 11 is 0. The highest BCUT2D eigenvalue weighted by atomic mass is 15.5. The first kappa shape index (κ1) is 5.79. The van der Waals surface area contributed by atoms with Gasteiger partial charge in [-0.3, -0.25) is 4.90 Å². The summed E-state index contributed by atoms with van der Waals surface area (Å²) < 4.78 is 0. The van der Waals surface area contributed by atoms with E-state index in [0.29, 0.717) is 0 Å². The van der Waals surface area contributed by atoms with Crippen molar-refractivity contribution in [2.45, 2.75) is 13.0 Å². The molecule has 1 aliphatic rings. The highest BCUT2D eigenvalue weighted by Gasteiger charge is 2.15. The summed E-state index contributed by atoms with van der Waals surface area (Å²) in [6.45, 7) is 3.19. The standard InChI is InChI=1S/C5H9N5/c1-2-10(3-1)4-5-6-8-9-7-5/h1-4H2,(H,6,7,8,9). The third kappa shape index (κ3) is 0.995. The molecular formula is C5H9N5. The Kier molecular flexibility index (Phi) is 1.35. The zero-order valence-corrected chi connectivity index (χ0v) is 5.62. The molecule has 1 aromatic rings. The summed E-state index contributed by atoms with van der Waals surface area (Å²) in [5.41, 5.74) is 0. The van der Waals surface area contributed by atoms with E-state index in [1.165, 1.54) is 19.5 Å². The van der Waals surface area contributed by atoms with E-state index in [4.69, 9.17) is 0 Å². The average molecular weight is 139 g/mol. The monoisotopic (exact) mass is 139 g/mol. The van der Waals surface area contributed by atoms with Crippen molar-refractivity contribution in [1.29, 1.82) is 0 Å². The lowest BCUT2D eigenvalue weighted by atomic mass is 10.2. The van der Waals surface area contributed by atoms with Crippen LogP contribution in [0.15, 0.2) is 0 Å². The Labute approximate surface area is 58.4 Å². The minimum absolute atomic E-state index is 0.791. The number of nitrogens with zero attached hydrogens (tertiary/aromatic N) is 4. The Bertz CT molecular complexity index is 190. The first-order valence-electron chi connectivity index (χ1n) is 3.40. The number of likely N-dealkylation sites (tertiary alicyclic amines) is 1. The van der Waals surface area contributed by atoms with Crippen molar-refractivity contribution >= 4 is 0 Å². The minimum Gasteiger partial charge on any atom is -0.296 e. The summed E-state index contributed by atoms with van der Waals surface area (Å²) in [5.74, 6) is 0.791. The van der Waals surface area contributed by atoms with Crippen LogP contribution in [0.25, 0.3) is 0 Å². The van der Waals surface area contributed by atoms with Crippen LogP contribution in [0, 0.1) is 0 Å². The smallest absolute Gasteiger partial charge is 0.188 e. The number of tetrazole rings is 1. The first-order valence-corrected chi connectivity index (χ1v) is 3.40. The van der Waals surface area contributed by atoms with Gasteiger partial charge >= 0.3 is 0 Å². The normalized spacial score (nSPS) is 18.8. The van der Waals surface area contributed by atoms with Crippen LogP contribution >= 0.6 is 0 Å². The van der Waals surface area contributed by atoms with Gasteiger partial charge in [0.25, 0.3) is 0 Å². The number of rotatable bonds is 2. The van der Waals surface area contributed by atoms with Gasteiger partial charge in [0.15, 0.2) is 5.82 Å². The molecule has 1 aliphatic heterocycles. The first-order chi connectivity index (χ1) is 4.95. The number of H-pyrrole nitrogens is 1. The Balaban J connectivity index is 1.90. The lowest BCUT2D eigenvalue weighted by molar-refractivity contribution is 0.168. The Morgan fingerprint density at radius 1 is 1.50 bits per heavy atom. The SMILES string of the molecule is C1CN(Cc2nn[nH]n2)C1. The third-order valence-corrected chi connectivity index (χ3v) is 1.70. The van der Waals surface area contributed by atoms with Gasteiger partial charge in [-0.2, -0.15) is 5.21 Å². The third-order valence-electron chi connectivity index (χ3n) is 1.70.